The molecule has 0 spiro atoms. The minimum Gasteiger partial charge on any atom is -0.340 e. The first kappa shape index (κ1) is 10.7. The summed E-state index contributed by atoms with van der Waals surface area (Å²) in [5, 5.41) is 5.42. The zero-order valence-electron chi connectivity index (χ0n) is 9.28. The molecular formula is C12H14N2O2. The molecule has 1 atom stereocenters. The van der Waals surface area contributed by atoms with Crippen molar-refractivity contribution in [1.82, 2.24) is 10.6 Å². The minimum absolute atomic E-state index is 0.166. The Morgan fingerprint density at radius 3 is 2.38 bits per heavy atom. The van der Waals surface area contributed by atoms with Crippen LogP contribution in [0.2, 0.25) is 0 Å². The van der Waals surface area contributed by atoms with E-state index in [1.54, 1.807) is 13.8 Å². The molecule has 1 saturated heterocycles. The first-order valence-corrected chi connectivity index (χ1v) is 5.18. The van der Waals surface area contributed by atoms with Gasteiger partial charge in [0.2, 0.25) is 11.8 Å². The Labute approximate surface area is 94.0 Å². The summed E-state index contributed by atoms with van der Waals surface area (Å²) < 4.78 is 0. The summed E-state index contributed by atoms with van der Waals surface area (Å²) in [6, 6.07) is 8.62. The van der Waals surface area contributed by atoms with Gasteiger partial charge in [0.1, 0.15) is 11.6 Å². The van der Waals surface area contributed by atoms with Crippen molar-refractivity contribution in [2.24, 2.45) is 0 Å². The van der Waals surface area contributed by atoms with Crippen molar-refractivity contribution < 1.29 is 9.59 Å². The summed E-state index contributed by atoms with van der Waals surface area (Å²) in [6.07, 6.45) is 0. The summed E-state index contributed by atoms with van der Waals surface area (Å²) >= 11 is 0. The molecule has 1 aromatic carbocycles. The van der Waals surface area contributed by atoms with Crippen molar-refractivity contribution in [3.8, 4) is 0 Å². The molecule has 0 radical (unpaired) electrons. The van der Waals surface area contributed by atoms with E-state index in [0.717, 1.165) is 5.56 Å². The predicted octanol–water partition coefficient (Wildman–Crippen LogP) is 0.752. The highest BCUT2D eigenvalue weighted by Gasteiger charge is 2.39. The highest BCUT2D eigenvalue weighted by molar-refractivity contribution is 5.99. The van der Waals surface area contributed by atoms with Gasteiger partial charge in [-0.25, -0.2) is 0 Å². The first-order chi connectivity index (χ1) is 7.50. The van der Waals surface area contributed by atoms with Gasteiger partial charge in [-0.2, -0.15) is 0 Å². The lowest BCUT2D eigenvalue weighted by atomic mass is 9.96. The predicted molar refractivity (Wildman–Crippen MR) is 59.5 cm³/mol. The Hall–Kier alpha value is -1.84. The van der Waals surface area contributed by atoms with E-state index >= 15 is 0 Å². The van der Waals surface area contributed by atoms with Gasteiger partial charge in [-0.15, -0.1) is 0 Å². The van der Waals surface area contributed by atoms with Crippen molar-refractivity contribution in [2.75, 3.05) is 0 Å². The third-order valence-electron chi connectivity index (χ3n) is 2.67. The Kier molecular flexibility index (Phi) is 2.42. The van der Waals surface area contributed by atoms with E-state index < -0.39 is 11.6 Å². The lowest BCUT2D eigenvalue weighted by Gasteiger charge is -2.34. The van der Waals surface area contributed by atoms with Gasteiger partial charge in [-0.1, -0.05) is 30.3 Å². The van der Waals surface area contributed by atoms with Gasteiger partial charge in [0.25, 0.3) is 0 Å². The molecule has 0 aromatic heterocycles. The van der Waals surface area contributed by atoms with E-state index in [1.807, 2.05) is 30.3 Å². The number of carbonyl (C=O) groups excluding carboxylic acids is 2. The van der Waals surface area contributed by atoms with Crippen LogP contribution in [-0.2, 0) is 9.59 Å². The summed E-state index contributed by atoms with van der Waals surface area (Å²) in [5.74, 6) is -0.336. The van der Waals surface area contributed by atoms with Crippen molar-refractivity contribution in [3.63, 3.8) is 0 Å². The maximum atomic E-state index is 11.8. The van der Waals surface area contributed by atoms with Crippen LogP contribution in [0.3, 0.4) is 0 Å². The number of hydrogen-bond donors (Lipinski definition) is 2. The molecule has 0 saturated carbocycles. The monoisotopic (exact) mass is 218 g/mol. The molecule has 1 aliphatic rings. The van der Waals surface area contributed by atoms with Crippen LogP contribution in [0.25, 0.3) is 0 Å². The van der Waals surface area contributed by atoms with Crippen LogP contribution >= 0.6 is 0 Å². The fourth-order valence-electron chi connectivity index (χ4n) is 1.69. The summed E-state index contributed by atoms with van der Waals surface area (Å²) in [5.41, 5.74) is -0.0358. The average molecular weight is 218 g/mol. The van der Waals surface area contributed by atoms with Crippen LogP contribution in [0.1, 0.15) is 25.5 Å². The van der Waals surface area contributed by atoms with Crippen molar-refractivity contribution in [2.45, 2.75) is 25.4 Å². The molecule has 1 heterocycles. The van der Waals surface area contributed by atoms with Crippen molar-refractivity contribution >= 4 is 11.8 Å². The van der Waals surface area contributed by atoms with E-state index in [9.17, 15) is 9.59 Å². The molecular weight excluding hydrogens is 204 g/mol. The first-order valence-electron chi connectivity index (χ1n) is 5.18. The second-order valence-electron chi connectivity index (χ2n) is 4.43. The largest absolute Gasteiger partial charge is 0.340 e. The summed E-state index contributed by atoms with van der Waals surface area (Å²) in [6.45, 7) is 3.36. The third kappa shape index (κ3) is 1.78. The molecule has 2 amide bonds. The van der Waals surface area contributed by atoms with Crippen LogP contribution in [0.5, 0.6) is 0 Å². The number of nitrogens with one attached hydrogen (secondary N) is 2. The highest BCUT2D eigenvalue weighted by Crippen LogP contribution is 2.19. The molecule has 0 bridgehead atoms. The molecule has 0 unspecified atom stereocenters. The van der Waals surface area contributed by atoms with Crippen molar-refractivity contribution in [1.29, 1.82) is 0 Å². The van der Waals surface area contributed by atoms with Crippen LogP contribution in [0.4, 0.5) is 0 Å². The Morgan fingerprint density at radius 1 is 1.12 bits per heavy atom. The second kappa shape index (κ2) is 3.63. The Balaban J connectivity index is 2.26. The highest BCUT2D eigenvalue weighted by atomic mass is 16.2. The molecule has 1 aliphatic heterocycles. The van der Waals surface area contributed by atoms with Gasteiger partial charge in [0.15, 0.2) is 0 Å². The van der Waals surface area contributed by atoms with Gasteiger partial charge in [0.05, 0.1) is 0 Å². The quantitative estimate of drug-likeness (QED) is 0.731. The fraction of sp³-hybridized carbons (Fsp3) is 0.333. The second-order valence-corrected chi connectivity index (χ2v) is 4.43. The zero-order valence-corrected chi connectivity index (χ0v) is 9.28. The number of rotatable bonds is 1. The third-order valence-corrected chi connectivity index (χ3v) is 2.67. The zero-order chi connectivity index (χ0) is 11.8. The van der Waals surface area contributed by atoms with Gasteiger partial charge in [0, 0.05) is 0 Å². The molecule has 4 heteroatoms. The van der Waals surface area contributed by atoms with Gasteiger partial charge < -0.3 is 10.6 Å². The van der Waals surface area contributed by atoms with Gasteiger partial charge >= 0.3 is 0 Å². The van der Waals surface area contributed by atoms with Crippen LogP contribution in [0, 0.1) is 0 Å². The van der Waals surface area contributed by atoms with Gasteiger partial charge in [-0.3, -0.25) is 9.59 Å². The number of hydrogen-bond acceptors (Lipinski definition) is 2. The molecule has 84 valence electrons. The van der Waals surface area contributed by atoms with Gasteiger partial charge in [-0.05, 0) is 19.4 Å². The van der Waals surface area contributed by atoms with Crippen LogP contribution in [-0.4, -0.2) is 17.4 Å². The molecule has 2 rings (SSSR count). The molecule has 0 aliphatic carbocycles. The van der Waals surface area contributed by atoms with Crippen LogP contribution < -0.4 is 10.6 Å². The standard InChI is InChI=1S/C12H14N2O2/c1-12(2)11(16)13-9(10(15)14-12)8-6-4-3-5-7-8/h3-7,9H,1-2H3,(H,13,16)(H,14,15)/t9-/m0/s1. The lowest BCUT2D eigenvalue weighted by molar-refractivity contribution is -0.140. The lowest BCUT2D eigenvalue weighted by Crippen LogP contribution is -2.63. The van der Waals surface area contributed by atoms with Crippen LogP contribution in [0.15, 0.2) is 30.3 Å². The SMILES string of the molecule is CC1(C)NC(=O)[C@H](c2ccccc2)NC1=O. The molecule has 1 aromatic rings. The van der Waals surface area contributed by atoms with E-state index in [1.165, 1.54) is 0 Å². The summed E-state index contributed by atoms with van der Waals surface area (Å²) in [7, 11) is 0. The van der Waals surface area contributed by atoms with E-state index in [0.29, 0.717) is 0 Å². The number of amides is 2. The van der Waals surface area contributed by atoms with Crippen molar-refractivity contribution in [3.05, 3.63) is 35.9 Å². The number of piperazine rings is 1. The topological polar surface area (TPSA) is 58.2 Å². The van der Waals surface area contributed by atoms with E-state index in [2.05, 4.69) is 10.6 Å². The number of carbonyl (C=O) groups is 2. The average Bonchev–Trinajstić information content (AvgIpc) is 2.24. The smallest absolute Gasteiger partial charge is 0.248 e. The Bertz CT molecular complexity index is 426. The molecule has 1 fully saturated rings. The molecule has 2 N–H and O–H groups in total. The normalized spacial score (nSPS) is 23.5. The van der Waals surface area contributed by atoms with E-state index in [4.69, 9.17) is 0 Å². The number of benzene rings is 1. The van der Waals surface area contributed by atoms with E-state index in [-0.39, 0.29) is 11.8 Å². The summed E-state index contributed by atoms with van der Waals surface area (Å²) in [4.78, 5) is 23.5. The molecule has 4 nitrogen and oxygen atoms in total. The maximum Gasteiger partial charge on any atom is 0.248 e. The maximum absolute atomic E-state index is 11.8. The fourth-order valence-corrected chi connectivity index (χ4v) is 1.69. The molecule has 16 heavy (non-hydrogen) atoms. The Morgan fingerprint density at radius 2 is 1.75 bits per heavy atom. The minimum atomic E-state index is -0.831.